The second kappa shape index (κ2) is 7.65. The van der Waals surface area contributed by atoms with Crippen molar-refractivity contribution in [1.82, 2.24) is 0 Å². The van der Waals surface area contributed by atoms with Crippen molar-refractivity contribution in [2.75, 3.05) is 5.75 Å². The van der Waals surface area contributed by atoms with Crippen molar-refractivity contribution < 1.29 is 5.21 Å². The second-order valence-electron chi connectivity index (χ2n) is 8.45. The van der Waals surface area contributed by atoms with Crippen LogP contribution in [0.3, 0.4) is 0 Å². The van der Waals surface area contributed by atoms with E-state index in [-0.39, 0.29) is 10.8 Å². The average Bonchev–Trinajstić information content (AvgIpc) is 2.54. The monoisotopic (exact) mass is 355 g/mol. The Bertz CT molecular complexity index is 705. The molecule has 134 valence electrons. The largest absolute Gasteiger partial charge is 0.411 e. The summed E-state index contributed by atoms with van der Waals surface area (Å²) in [6.45, 7) is 13.3. The van der Waals surface area contributed by atoms with Gasteiger partial charge in [0.25, 0.3) is 0 Å². The molecule has 0 aliphatic heterocycles. The fourth-order valence-electron chi connectivity index (χ4n) is 2.50. The summed E-state index contributed by atoms with van der Waals surface area (Å²) in [5, 5.41) is 13.2. The molecule has 2 aromatic rings. The highest BCUT2D eigenvalue weighted by Gasteiger charge is 2.22. The van der Waals surface area contributed by atoms with E-state index >= 15 is 0 Å². The van der Waals surface area contributed by atoms with Crippen molar-refractivity contribution in [1.29, 1.82) is 0 Å². The molecule has 1 N–H and O–H groups in total. The van der Waals surface area contributed by atoms with Gasteiger partial charge in [0, 0.05) is 16.2 Å². The lowest BCUT2D eigenvalue weighted by molar-refractivity contribution is 0.319. The third-order valence-corrected chi connectivity index (χ3v) is 5.26. The minimum absolute atomic E-state index is 0.0448. The summed E-state index contributed by atoms with van der Waals surface area (Å²) in [5.41, 5.74) is 4.34. The van der Waals surface area contributed by atoms with Crippen LogP contribution in [0.25, 0.3) is 0 Å². The van der Waals surface area contributed by atoms with Crippen LogP contribution in [0, 0.1) is 0 Å². The molecule has 0 spiro atoms. The average molecular weight is 356 g/mol. The Hall–Kier alpha value is -1.74. The van der Waals surface area contributed by atoms with Gasteiger partial charge in [-0.3, -0.25) is 0 Å². The van der Waals surface area contributed by atoms with Crippen molar-refractivity contribution in [3.05, 3.63) is 65.2 Å². The van der Waals surface area contributed by atoms with E-state index in [1.54, 1.807) is 11.8 Å². The molecule has 0 bridgehead atoms. The van der Waals surface area contributed by atoms with Gasteiger partial charge in [-0.25, -0.2) is 0 Å². The molecule has 2 nitrogen and oxygen atoms in total. The Kier molecular flexibility index (Phi) is 5.99. The van der Waals surface area contributed by atoms with Gasteiger partial charge in [0.2, 0.25) is 0 Å². The van der Waals surface area contributed by atoms with Crippen LogP contribution in [0.15, 0.2) is 58.6 Å². The van der Waals surface area contributed by atoms with Crippen LogP contribution in [0.2, 0.25) is 0 Å². The minimum atomic E-state index is 0.0448. The molecule has 0 aliphatic rings. The molecule has 0 unspecified atom stereocenters. The molecular weight excluding hydrogens is 326 g/mol. The molecule has 25 heavy (non-hydrogen) atoms. The van der Waals surface area contributed by atoms with Gasteiger partial charge in [-0.15, -0.1) is 11.8 Å². The molecule has 2 rings (SSSR count). The molecule has 3 heteroatoms. The van der Waals surface area contributed by atoms with Crippen LogP contribution in [0.1, 0.15) is 58.2 Å². The van der Waals surface area contributed by atoms with Gasteiger partial charge in [0.15, 0.2) is 0 Å². The summed E-state index contributed by atoms with van der Waals surface area (Å²) >= 11 is 1.68. The normalized spacial score (nSPS) is 13.1. The number of rotatable bonds is 4. The lowest BCUT2D eigenvalue weighted by Gasteiger charge is -2.26. The van der Waals surface area contributed by atoms with Crippen molar-refractivity contribution in [3.63, 3.8) is 0 Å². The summed E-state index contributed by atoms with van der Waals surface area (Å²) in [6.07, 6.45) is 0. The topological polar surface area (TPSA) is 32.6 Å². The quantitative estimate of drug-likeness (QED) is 0.304. The van der Waals surface area contributed by atoms with Crippen LogP contribution < -0.4 is 0 Å². The van der Waals surface area contributed by atoms with E-state index in [9.17, 15) is 5.21 Å². The maximum absolute atomic E-state index is 9.62. The summed E-state index contributed by atoms with van der Waals surface area (Å²) in [4.78, 5) is 1.17. The molecule has 0 saturated heterocycles. The smallest absolute Gasteiger partial charge is 0.0970 e. The lowest BCUT2D eigenvalue weighted by Crippen LogP contribution is -2.18. The van der Waals surface area contributed by atoms with E-state index in [4.69, 9.17) is 0 Å². The van der Waals surface area contributed by atoms with Gasteiger partial charge in [-0.1, -0.05) is 71.0 Å². The van der Waals surface area contributed by atoms with Crippen molar-refractivity contribution >= 4 is 17.5 Å². The van der Waals surface area contributed by atoms with Gasteiger partial charge in [0.05, 0.1) is 5.71 Å². The minimum Gasteiger partial charge on any atom is -0.411 e. The first-order valence-electron chi connectivity index (χ1n) is 8.66. The number of nitrogens with zero attached hydrogens (tertiary/aromatic N) is 1. The zero-order chi connectivity index (χ0) is 18.7. The van der Waals surface area contributed by atoms with Gasteiger partial charge < -0.3 is 5.21 Å². The zero-order valence-electron chi connectivity index (χ0n) is 16.1. The van der Waals surface area contributed by atoms with Crippen LogP contribution in [-0.2, 0) is 10.8 Å². The number of oxime groups is 1. The van der Waals surface area contributed by atoms with Gasteiger partial charge in [-0.05, 0) is 46.2 Å². The lowest BCUT2D eigenvalue weighted by atomic mass is 9.79. The predicted molar refractivity (Wildman–Crippen MR) is 109 cm³/mol. The van der Waals surface area contributed by atoms with E-state index in [1.165, 1.54) is 16.0 Å². The summed E-state index contributed by atoms with van der Waals surface area (Å²) in [6, 6.07) is 16.8. The summed E-state index contributed by atoms with van der Waals surface area (Å²) in [5.74, 6) is 0.637. The SMILES string of the molecule is CC(C)(C)c1cc(/C(CSc2ccccc2)=N/O)cc(C(C)(C)C)c1. The highest BCUT2D eigenvalue weighted by Crippen LogP contribution is 2.31. The second-order valence-corrected chi connectivity index (χ2v) is 9.50. The molecule has 0 aliphatic carbocycles. The maximum atomic E-state index is 9.62. The number of hydrogen-bond acceptors (Lipinski definition) is 3. The van der Waals surface area contributed by atoms with Crippen LogP contribution >= 0.6 is 11.8 Å². The molecule has 0 radical (unpaired) electrons. The molecule has 0 heterocycles. The number of benzene rings is 2. The molecule has 0 aromatic heterocycles. The number of hydrogen-bond donors (Lipinski definition) is 1. The first kappa shape index (κ1) is 19.6. The van der Waals surface area contributed by atoms with Crippen molar-refractivity contribution in [3.8, 4) is 0 Å². The third-order valence-electron chi connectivity index (χ3n) is 4.24. The molecular formula is C22H29NOS. The summed E-state index contributed by atoms with van der Waals surface area (Å²) in [7, 11) is 0. The predicted octanol–water partition coefficient (Wildman–Crippen LogP) is 6.25. The Morgan fingerprint density at radius 3 is 1.84 bits per heavy atom. The molecule has 0 saturated carbocycles. The molecule has 2 aromatic carbocycles. The fourth-order valence-corrected chi connectivity index (χ4v) is 3.38. The standard InChI is InChI=1S/C22H29NOS/c1-21(2,3)17-12-16(13-18(14-17)22(4,5)6)20(23-24)15-25-19-10-8-7-9-11-19/h7-14,24H,15H2,1-6H3/b23-20+. The van der Waals surface area contributed by atoms with Gasteiger partial charge in [0.1, 0.15) is 0 Å². The van der Waals surface area contributed by atoms with E-state index in [0.29, 0.717) is 11.5 Å². The highest BCUT2D eigenvalue weighted by molar-refractivity contribution is 8.00. The molecule has 0 fully saturated rings. The van der Waals surface area contributed by atoms with E-state index in [0.717, 1.165) is 5.56 Å². The summed E-state index contributed by atoms with van der Waals surface area (Å²) < 4.78 is 0. The zero-order valence-corrected chi connectivity index (χ0v) is 16.9. The van der Waals surface area contributed by atoms with E-state index in [1.807, 2.05) is 18.2 Å². The Labute approximate surface area is 156 Å². The Morgan fingerprint density at radius 2 is 1.40 bits per heavy atom. The van der Waals surface area contributed by atoms with Crippen molar-refractivity contribution in [2.45, 2.75) is 57.3 Å². The maximum Gasteiger partial charge on any atom is 0.0970 e. The van der Waals surface area contributed by atoms with Crippen LogP contribution in [0.5, 0.6) is 0 Å². The number of thioether (sulfide) groups is 1. The van der Waals surface area contributed by atoms with Gasteiger partial charge in [-0.2, -0.15) is 0 Å². The fraction of sp³-hybridized carbons (Fsp3) is 0.409. The van der Waals surface area contributed by atoms with Crippen molar-refractivity contribution in [2.24, 2.45) is 5.16 Å². The first-order chi connectivity index (χ1) is 11.6. The van der Waals surface area contributed by atoms with E-state index in [2.05, 4.69) is 77.0 Å². The van der Waals surface area contributed by atoms with Crippen LogP contribution in [-0.4, -0.2) is 16.7 Å². The Balaban J connectivity index is 2.37. The van der Waals surface area contributed by atoms with Crippen LogP contribution in [0.4, 0.5) is 0 Å². The Morgan fingerprint density at radius 1 is 0.880 bits per heavy atom. The first-order valence-corrected chi connectivity index (χ1v) is 9.65. The van der Waals surface area contributed by atoms with Gasteiger partial charge >= 0.3 is 0 Å². The molecule has 0 amide bonds. The molecule has 0 atom stereocenters. The van der Waals surface area contributed by atoms with E-state index < -0.39 is 0 Å². The third kappa shape index (κ3) is 5.37. The highest BCUT2D eigenvalue weighted by atomic mass is 32.2.